The van der Waals surface area contributed by atoms with Gasteiger partial charge in [0.05, 0.1) is 0 Å². The Morgan fingerprint density at radius 1 is 0.783 bits per heavy atom. The average Bonchev–Trinajstić information content (AvgIpc) is 2.64. The summed E-state index contributed by atoms with van der Waals surface area (Å²) in [7, 11) is 2.15. The Hall–Kier alpha value is -2.13. The number of hydrogen-bond acceptors (Lipinski definition) is 3. The van der Waals surface area contributed by atoms with E-state index in [0.29, 0.717) is 0 Å². The highest BCUT2D eigenvalue weighted by atomic mass is 16.1. The number of benzene rings is 2. The smallest absolute Gasteiger partial charge is 0.193 e. The van der Waals surface area contributed by atoms with Crippen molar-refractivity contribution >= 4 is 11.5 Å². The molecule has 0 N–H and O–H groups in total. The second-order valence-electron chi connectivity index (χ2n) is 5.53. The van der Waals surface area contributed by atoms with E-state index in [1.54, 1.807) is 0 Å². The largest absolute Gasteiger partial charge is 0.369 e. The normalized spacial score (nSPS) is 14.8. The standard InChI is InChI=1S/C18H20N2O.C2H6/c1-19-11-13-20(14-12-19)17-9-7-16(8-10-17)18(21)15-5-3-2-4-6-15;1-2/h2-10H,11-14H2,1H3;1-2H3. The molecule has 0 atom stereocenters. The summed E-state index contributed by atoms with van der Waals surface area (Å²) < 4.78 is 0. The van der Waals surface area contributed by atoms with Crippen LogP contribution >= 0.6 is 0 Å². The molecular weight excluding hydrogens is 284 g/mol. The molecule has 0 aromatic heterocycles. The van der Waals surface area contributed by atoms with E-state index in [4.69, 9.17) is 0 Å². The number of hydrogen-bond donors (Lipinski definition) is 0. The van der Waals surface area contributed by atoms with E-state index < -0.39 is 0 Å². The summed E-state index contributed by atoms with van der Waals surface area (Å²) in [5.41, 5.74) is 2.69. The summed E-state index contributed by atoms with van der Waals surface area (Å²) >= 11 is 0. The molecule has 3 heteroatoms. The highest BCUT2D eigenvalue weighted by Gasteiger charge is 2.15. The van der Waals surface area contributed by atoms with Gasteiger partial charge in [0.1, 0.15) is 0 Å². The maximum atomic E-state index is 12.4. The lowest BCUT2D eigenvalue weighted by molar-refractivity contribution is 0.103. The molecule has 0 radical (unpaired) electrons. The zero-order chi connectivity index (χ0) is 16.7. The summed E-state index contributed by atoms with van der Waals surface area (Å²) in [4.78, 5) is 17.1. The van der Waals surface area contributed by atoms with Crippen LogP contribution in [0.5, 0.6) is 0 Å². The molecule has 0 spiro atoms. The van der Waals surface area contributed by atoms with Crippen molar-refractivity contribution in [2.75, 3.05) is 38.1 Å². The van der Waals surface area contributed by atoms with Crippen LogP contribution in [0, 0.1) is 0 Å². The van der Waals surface area contributed by atoms with E-state index in [2.05, 4.69) is 29.0 Å². The number of likely N-dealkylation sites (N-methyl/N-ethyl adjacent to an activating group) is 1. The van der Waals surface area contributed by atoms with Crippen LogP contribution in [0.1, 0.15) is 29.8 Å². The van der Waals surface area contributed by atoms with E-state index >= 15 is 0 Å². The van der Waals surface area contributed by atoms with E-state index in [1.807, 2.05) is 56.3 Å². The van der Waals surface area contributed by atoms with Gasteiger partial charge in [-0.25, -0.2) is 0 Å². The Kier molecular flexibility index (Phi) is 6.36. The Balaban J connectivity index is 0.000000924. The van der Waals surface area contributed by atoms with Gasteiger partial charge in [0.25, 0.3) is 0 Å². The fourth-order valence-electron chi connectivity index (χ4n) is 2.64. The van der Waals surface area contributed by atoms with Crippen molar-refractivity contribution in [1.82, 2.24) is 4.90 Å². The SMILES string of the molecule is CC.CN1CCN(c2ccc(C(=O)c3ccccc3)cc2)CC1. The van der Waals surface area contributed by atoms with Gasteiger partial charge in [-0.15, -0.1) is 0 Å². The molecule has 1 fully saturated rings. The van der Waals surface area contributed by atoms with Crippen molar-refractivity contribution in [2.24, 2.45) is 0 Å². The first-order valence-corrected chi connectivity index (χ1v) is 8.37. The maximum Gasteiger partial charge on any atom is 0.193 e. The van der Waals surface area contributed by atoms with Crippen LogP contribution in [0.4, 0.5) is 5.69 Å². The van der Waals surface area contributed by atoms with Gasteiger partial charge in [0.2, 0.25) is 0 Å². The lowest BCUT2D eigenvalue weighted by atomic mass is 10.0. The molecule has 23 heavy (non-hydrogen) atoms. The molecule has 0 bridgehead atoms. The van der Waals surface area contributed by atoms with Crippen molar-refractivity contribution in [1.29, 1.82) is 0 Å². The van der Waals surface area contributed by atoms with Crippen molar-refractivity contribution in [3.8, 4) is 0 Å². The first-order valence-electron chi connectivity index (χ1n) is 8.37. The lowest BCUT2D eigenvalue weighted by Gasteiger charge is -2.34. The molecule has 3 rings (SSSR count). The minimum absolute atomic E-state index is 0.0838. The minimum Gasteiger partial charge on any atom is -0.369 e. The van der Waals surface area contributed by atoms with Crippen LogP contribution < -0.4 is 4.90 Å². The van der Waals surface area contributed by atoms with Gasteiger partial charge >= 0.3 is 0 Å². The van der Waals surface area contributed by atoms with Crippen LogP contribution in [0.3, 0.4) is 0 Å². The number of carbonyl (C=O) groups excluding carboxylic acids is 1. The molecular formula is C20H26N2O. The number of carbonyl (C=O) groups is 1. The van der Waals surface area contributed by atoms with Gasteiger partial charge in [-0.1, -0.05) is 44.2 Å². The molecule has 0 amide bonds. The number of ketones is 1. The van der Waals surface area contributed by atoms with Gasteiger partial charge in [-0.05, 0) is 31.3 Å². The molecule has 0 unspecified atom stereocenters. The van der Waals surface area contributed by atoms with Gasteiger partial charge in [-0.2, -0.15) is 0 Å². The lowest BCUT2D eigenvalue weighted by Crippen LogP contribution is -2.44. The first-order chi connectivity index (χ1) is 11.2. The van der Waals surface area contributed by atoms with Crippen molar-refractivity contribution in [3.63, 3.8) is 0 Å². The number of anilines is 1. The van der Waals surface area contributed by atoms with Crippen LogP contribution in [-0.2, 0) is 0 Å². The Morgan fingerprint density at radius 2 is 1.30 bits per heavy atom. The second-order valence-corrected chi connectivity index (χ2v) is 5.53. The van der Waals surface area contributed by atoms with Crippen molar-refractivity contribution in [3.05, 3.63) is 65.7 Å². The quantitative estimate of drug-likeness (QED) is 0.808. The van der Waals surface area contributed by atoms with Crippen LogP contribution in [0.2, 0.25) is 0 Å². The van der Waals surface area contributed by atoms with Crippen molar-refractivity contribution < 1.29 is 4.79 Å². The summed E-state index contributed by atoms with van der Waals surface area (Å²) in [6, 6.07) is 17.4. The van der Waals surface area contributed by atoms with E-state index in [-0.39, 0.29) is 5.78 Å². The molecule has 0 aliphatic carbocycles. The summed E-state index contributed by atoms with van der Waals surface area (Å²) in [5, 5.41) is 0. The van der Waals surface area contributed by atoms with Gasteiger partial charge in [0, 0.05) is 43.0 Å². The average molecular weight is 310 g/mol. The minimum atomic E-state index is 0.0838. The van der Waals surface area contributed by atoms with E-state index in [9.17, 15) is 4.79 Å². The molecule has 2 aromatic carbocycles. The van der Waals surface area contributed by atoms with Gasteiger partial charge < -0.3 is 9.80 Å². The fourth-order valence-corrected chi connectivity index (χ4v) is 2.64. The molecule has 1 aliphatic rings. The van der Waals surface area contributed by atoms with Crippen LogP contribution in [0.25, 0.3) is 0 Å². The summed E-state index contributed by atoms with van der Waals surface area (Å²) in [5.74, 6) is 0.0838. The molecule has 0 saturated carbocycles. The number of nitrogens with zero attached hydrogens (tertiary/aromatic N) is 2. The van der Waals surface area contributed by atoms with Crippen LogP contribution in [0.15, 0.2) is 54.6 Å². The van der Waals surface area contributed by atoms with Crippen LogP contribution in [-0.4, -0.2) is 43.9 Å². The maximum absolute atomic E-state index is 12.4. The van der Waals surface area contributed by atoms with E-state index in [0.717, 1.165) is 37.3 Å². The monoisotopic (exact) mass is 310 g/mol. The highest BCUT2D eigenvalue weighted by Crippen LogP contribution is 2.18. The van der Waals surface area contributed by atoms with Gasteiger partial charge in [0.15, 0.2) is 5.78 Å². The number of piperazine rings is 1. The highest BCUT2D eigenvalue weighted by molar-refractivity contribution is 6.09. The van der Waals surface area contributed by atoms with E-state index in [1.165, 1.54) is 5.69 Å². The zero-order valence-corrected chi connectivity index (χ0v) is 14.3. The summed E-state index contributed by atoms with van der Waals surface area (Å²) in [6.07, 6.45) is 0. The molecule has 2 aromatic rings. The first kappa shape index (κ1) is 17.2. The molecule has 122 valence electrons. The second kappa shape index (κ2) is 8.49. The van der Waals surface area contributed by atoms with Gasteiger partial charge in [-0.3, -0.25) is 4.79 Å². The Bertz CT molecular complexity index is 599. The molecule has 1 saturated heterocycles. The third kappa shape index (κ3) is 4.42. The third-order valence-electron chi connectivity index (χ3n) is 4.03. The Labute approximate surface area is 139 Å². The summed E-state index contributed by atoms with van der Waals surface area (Å²) in [6.45, 7) is 8.26. The van der Waals surface area contributed by atoms with Crippen molar-refractivity contribution in [2.45, 2.75) is 13.8 Å². The predicted molar refractivity (Wildman–Crippen MR) is 97.4 cm³/mol. The fraction of sp³-hybridized carbons (Fsp3) is 0.350. The zero-order valence-electron chi connectivity index (χ0n) is 14.3. The molecule has 1 heterocycles. The third-order valence-corrected chi connectivity index (χ3v) is 4.03. The molecule has 1 aliphatic heterocycles. The number of rotatable bonds is 3. The molecule has 3 nitrogen and oxygen atoms in total. The predicted octanol–water partition coefficient (Wildman–Crippen LogP) is 3.70. The Morgan fingerprint density at radius 3 is 1.87 bits per heavy atom. The topological polar surface area (TPSA) is 23.6 Å².